The van der Waals surface area contributed by atoms with E-state index in [9.17, 15) is 4.79 Å². The smallest absolute Gasteiger partial charge is 0.169 e. The van der Waals surface area contributed by atoms with E-state index in [4.69, 9.17) is 4.74 Å². The standard InChI is InChI=1S/C20H19BrO2/c1-23-17-4-5-18-14(9-17)6-7-20(19(18)22)10-15-3-2-13(12-21)8-16(15)11-20/h2-5,8-9H,6-7,10-12H2,1H3. The lowest BCUT2D eigenvalue weighted by atomic mass is 9.68. The summed E-state index contributed by atoms with van der Waals surface area (Å²) in [6.45, 7) is 0. The van der Waals surface area contributed by atoms with Crippen molar-refractivity contribution in [2.45, 2.75) is 31.0 Å². The zero-order chi connectivity index (χ0) is 16.0. The minimum absolute atomic E-state index is 0.227. The Bertz CT molecular complexity index is 796. The number of alkyl halides is 1. The summed E-state index contributed by atoms with van der Waals surface area (Å²) in [5.74, 6) is 1.15. The quantitative estimate of drug-likeness (QED) is 0.727. The highest BCUT2D eigenvalue weighted by Crippen LogP contribution is 2.46. The molecule has 3 heteroatoms. The Hall–Kier alpha value is -1.61. The normalized spacial score (nSPS) is 22.1. The number of hydrogen-bond acceptors (Lipinski definition) is 2. The van der Waals surface area contributed by atoms with Crippen LogP contribution in [0.25, 0.3) is 0 Å². The molecular weight excluding hydrogens is 352 g/mol. The van der Waals surface area contributed by atoms with Crippen LogP contribution in [0.2, 0.25) is 0 Å². The van der Waals surface area contributed by atoms with Gasteiger partial charge in [0.15, 0.2) is 5.78 Å². The molecule has 118 valence electrons. The maximum atomic E-state index is 13.2. The Balaban J connectivity index is 1.70. The Morgan fingerprint density at radius 3 is 2.70 bits per heavy atom. The first-order chi connectivity index (χ1) is 11.1. The van der Waals surface area contributed by atoms with Gasteiger partial charge in [0, 0.05) is 16.3 Å². The van der Waals surface area contributed by atoms with E-state index in [2.05, 4.69) is 34.1 Å². The fourth-order valence-corrected chi connectivity index (χ4v) is 4.48. The molecule has 2 aliphatic carbocycles. The van der Waals surface area contributed by atoms with E-state index >= 15 is 0 Å². The van der Waals surface area contributed by atoms with E-state index in [1.54, 1.807) is 7.11 Å². The second-order valence-electron chi connectivity index (χ2n) is 6.72. The largest absolute Gasteiger partial charge is 0.497 e. The lowest BCUT2D eigenvalue weighted by Crippen LogP contribution is -2.36. The fraction of sp³-hybridized carbons (Fsp3) is 0.350. The molecule has 1 spiro atoms. The van der Waals surface area contributed by atoms with E-state index in [0.29, 0.717) is 5.78 Å². The minimum atomic E-state index is -0.227. The van der Waals surface area contributed by atoms with Gasteiger partial charge in [-0.3, -0.25) is 4.79 Å². The molecule has 0 aliphatic heterocycles. The van der Waals surface area contributed by atoms with E-state index in [0.717, 1.165) is 47.9 Å². The summed E-state index contributed by atoms with van der Waals surface area (Å²) in [5.41, 5.74) is 5.79. The molecule has 0 saturated heterocycles. The first-order valence-electron chi connectivity index (χ1n) is 8.03. The Morgan fingerprint density at radius 2 is 1.91 bits per heavy atom. The van der Waals surface area contributed by atoms with Crippen molar-refractivity contribution in [3.8, 4) is 5.75 Å². The molecule has 2 aliphatic rings. The number of benzene rings is 2. The molecule has 0 bridgehead atoms. The second kappa shape index (κ2) is 5.48. The lowest BCUT2D eigenvalue weighted by Gasteiger charge is -2.33. The monoisotopic (exact) mass is 370 g/mol. The van der Waals surface area contributed by atoms with Crippen LogP contribution in [0.3, 0.4) is 0 Å². The number of fused-ring (bicyclic) bond motifs is 2. The van der Waals surface area contributed by atoms with Crippen LogP contribution >= 0.6 is 15.9 Å². The third-order valence-corrected chi connectivity index (χ3v) is 6.04. The van der Waals surface area contributed by atoms with Crippen molar-refractivity contribution in [3.05, 3.63) is 64.2 Å². The first-order valence-corrected chi connectivity index (χ1v) is 9.16. The summed E-state index contributed by atoms with van der Waals surface area (Å²) in [4.78, 5) is 13.2. The van der Waals surface area contributed by atoms with Crippen LogP contribution in [-0.4, -0.2) is 12.9 Å². The van der Waals surface area contributed by atoms with Crippen LogP contribution < -0.4 is 4.74 Å². The van der Waals surface area contributed by atoms with Crippen molar-refractivity contribution >= 4 is 21.7 Å². The molecule has 2 nitrogen and oxygen atoms in total. The number of ether oxygens (including phenoxy) is 1. The molecule has 0 aromatic heterocycles. The predicted molar refractivity (Wildman–Crippen MR) is 94.6 cm³/mol. The maximum absolute atomic E-state index is 13.2. The van der Waals surface area contributed by atoms with Gasteiger partial charge in [-0.15, -0.1) is 0 Å². The van der Waals surface area contributed by atoms with Gasteiger partial charge in [-0.2, -0.15) is 0 Å². The Labute approximate surface area is 145 Å². The van der Waals surface area contributed by atoms with E-state index in [1.807, 2.05) is 18.2 Å². The Morgan fingerprint density at radius 1 is 1.09 bits per heavy atom. The Kier molecular flexibility index (Phi) is 3.56. The molecule has 0 amide bonds. The van der Waals surface area contributed by atoms with Gasteiger partial charge in [-0.05, 0) is 66.1 Å². The van der Waals surface area contributed by atoms with E-state index < -0.39 is 0 Å². The second-order valence-corrected chi connectivity index (χ2v) is 7.28. The summed E-state index contributed by atoms with van der Waals surface area (Å²) < 4.78 is 5.29. The van der Waals surface area contributed by atoms with Gasteiger partial charge in [0.1, 0.15) is 5.75 Å². The van der Waals surface area contributed by atoms with Crippen molar-refractivity contribution in [1.82, 2.24) is 0 Å². The van der Waals surface area contributed by atoms with Crippen molar-refractivity contribution in [2.24, 2.45) is 5.41 Å². The molecule has 1 unspecified atom stereocenters. The number of hydrogen-bond donors (Lipinski definition) is 0. The van der Waals surface area contributed by atoms with Crippen LogP contribution in [-0.2, 0) is 24.6 Å². The zero-order valence-electron chi connectivity index (χ0n) is 13.2. The van der Waals surface area contributed by atoms with Gasteiger partial charge < -0.3 is 4.74 Å². The van der Waals surface area contributed by atoms with Gasteiger partial charge in [0.25, 0.3) is 0 Å². The fourth-order valence-electron chi connectivity index (χ4n) is 4.13. The zero-order valence-corrected chi connectivity index (χ0v) is 14.8. The van der Waals surface area contributed by atoms with Gasteiger partial charge in [-0.25, -0.2) is 0 Å². The van der Waals surface area contributed by atoms with Gasteiger partial charge >= 0.3 is 0 Å². The molecule has 0 heterocycles. The summed E-state index contributed by atoms with van der Waals surface area (Å²) in [6.07, 6.45) is 3.66. The summed E-state index contributed by atoms with van der Waals surface area (Å²) >= 11 is 3.52. The molecule has 0 fully saturated rings. The number of halogens is 1. The molecule has 0 N–H and O–H groups in total. The molecule has 2 aromatic carbocycles. The number of rotatable bonds is 2. The van der Waals surface area contributed by atoms with Crippen molar-refractivity contribution in [2.75, 3.05) is 7.11 Å². The van der Waals surface area contributed by atoms with Crippen LogP contribution in [0.4, 0.5) is 0 Å². The first kappa shape index (κ1) is 14.9. The molecule has 4 rings (SSSR count). The summed E-state index contributed by atoms with van der Waals surface area (Å²) in [7, 11) is 1.67. The molecular formula is C20H19BrO2. The highest BCUT2D eigenvalue weighted by molar-refractivity contribution is 9.08. The third-order valence-electron chi connectivity index (χ3n) is 5.39. The molecule has 23 heavy (non-hydrogen) atoms. The number of Topliss-reactive ketones (excluding diaryl/α,β-unsaturated/α-hetero) is 1. The van der Waals surface area contributed by atoms with Gasteiger partial charge in [0.05, 0.1) is 7.11 Å². The van der Waals surface area contributed by atoms with Crippen LogP contribution in [0.15, 0.2) is 36.4 Å². The SMILES string of the molecule is COc1ccc2c(c1)CCC1(Cc3ccc(CBr)cc3C1)C2=O. The third kappa shape index (κ3) is 2.33. The predicted octanol–water partition coefficient (Wildman–Crippen LogP) is 4.50. The topological polar surface area (TPSA) is 26.3 Å². The number of carbonyl (C=O) groups excluding carboxylic acids is 1. The lowest BCUT2D eigenvalue weighted by molar-refractivity contribution is 0.0771. The van der Waals surface area contributed by atoms with Crippen LogP contribution in [0.1, 0.15) is 39.0 Å². The maximum Gasteiger partial charge on any atom is 0.169 e. The molecule has 1 atom stereocenters. The highest BCUT2D eigenvalue weighted by atomic mass is 79.9. The van der Waals surface area contributed by atoms with E-state index in [1.165, 1.54) is 16.7 Å². The average molecular weight is 371 g/mol. The summed E-state index contributed by atoms with van der Waals surface area (Å²) in [6, 6.07) is 12.5. The molecule has 2 aromatic rings. The number of ketones is 1. The van der Waals surface area contributed by atoms with E-state index in [-0.39, 0.29) is 5.41 Å². The van der Waals surface area contributed by atoms with Crippen LogP contribution in [0.5, 0.6) is 5.75 Å². The average Bonchev–Trinajstić information content (AvgIpc) is 2.96. The number of carbonyl (C=O) groups is 1. The number of methoxy groups -OCH3 is 1. The minimum Gasteiger partial charge on any atom is -0.497 e. The van der Waals surface area contributed by atoms with Crippen molar-refractivity contribution in [3.63, 3.8) is 0 Å². The van der Waals surface area contributed by atoms with Crippen LogP contribution in [0, 0.1) is 5.41 Å². The molecule has 0 radical (unpaired) electrons. The summed E-state index contributed by atoms with van der Waals surface area (Å²) in [5, 5.41) is 0.865. The highest BCUT2D eigenvalue weighted by Gasteiger charge is 2.46. The molecule has 0 saturated carbocycles. The van der Waals surface area contributed by atoms with Crippen molar-refractivity contribution in [1.29, 1.82) is 0 Å². The van der Waals surface area contributed by atoms with Crippen molar-refractivity contribution < 1.29 is 9.53 Å². The van der Waals surface area contributed by atoms with Gasteiger partial charge in [-0.1, -0.05) is 34.1 Å². The van der Waals surface area contributed by atoms with Gasteiger partial charge in [0.2, 0.25) is 0 Å². The number of aryl methyl sites for hydroxylation is 1.